The van der Waals surface area contributed by atoms with Crippen LogP contribution < -0.4 is 5.43 Å². The highest BCUT2D eigenvalue weighted by molar-refractivity contribution is 5.84. The lowest BCUT2D eigenvalue weighted by Gasteiger charge is -2.52. The average molecular weight is 416 g/mol. The van der Waals surface area contributed by atoms with Gasteiger partial charge in [-0.25, -0.2) is 9.40 Å². The summed E-state index contributed by atoms with van der Waals surface area (Å²) in [7, 11) is 0. The Morgan fingerprint density at radius 2 is 1.87 bits per heavy atom. The smallest absolute Gasteiger partial charge is 0.242 e. The molecule has 0 bridgehead atoms. The number of hydrogen-bond donors (Lipinski definition) is 1. The zero-order valence-electron chi connectivity index (χ0n) is 17.1. The summed E-state index contributed by atoms with van der Waals surface area (Å²) in [4.78, 5) is 30.4. The second-order valence-electron chi connectivity index (χ2n) is 8.79. The quantitative estimate of drug-likeness (QED) is 0.801. The second kappa shape index (κ2) is 8.24. The van der Waals surface area contributed by atoms with Gasteiger partial charge in [0, 0.05) is 44.2 Å². The van der Waals surface area contributed by atoms with Gasteiger partial charge in [0.15, 0.2) is 0 Å². The summed E-state index contributed by atoms with van der Waals surface area (Å²) < 4.78 is 18.7. The number of piperazine rings is 1. The minimum atomic E-state index is -0.276. The Bertz CT molecular complexity index is 798. The largest absolute Gasteiger partial charge is 0.378 e. The van der Waals surface area contributed by atoms with Crippen molar-refractivity contribution in [2.45, 2.75) is 50.4 Å². The van der Waals surface area contributed by atoms with E-state index in [4.69, 9.17) is 4.74 Å². The standard InChI is InChI=1S/C22H29FN4O3/c23-17-4-1-15(2-5-17)14-26-20-13-16(21(28)25-9-11-30-12-10-25)3-6-18(20)27-19(22(26)29)7-8-24-27/h1-2,4-5,16,18-20,24H,3,6-14H2. The van der Waals surface area contributed by atoms with E-state index in [-0.39, 0.29) is 41.7 Å². The van der Waals surface area contributed by atoms with E-state index in [9.17, 15) is 14.0 Å². The zero-order chi connectivity index (χ0) is 20.7. The SMILES string of the molecule is O=C(C1CCC2C(C1)N(Cc1ccc(F)cc1)C(=O)C1CCNN12)N1CCOCC1. The van der Waals surface area contributed by atoms with E-state index in [1.807, 2.05) is 9.80 Å². The summed E-state index contributed by atoms with van der Waals surface area (Å²) in [6, 6.07) is 6.43. The van der Waals surface area contributed by atoms with Gasteiger partial charge in [0.1, 0.15) is 11.9 Å². The van der Waals surface area contributed by atoms with Crippen LogP contribution in [0.1, 0.15) is 31.2 Å². The summed E-state index contributed by atoms with van der Waals surface area (Å²) in [5.41, 5.74) is 4.33. The first-order valence-corrected chi connectivity index (χ1v) is 11.0. The zero-order valence-corrected chi connectivity index (χ0v) is 17.1. The van der Waals surface area contributed by atoms with Crippen LogP contribution in [0.5, 0.6) is 0 Å². The molecule has 7 nitrogen and oxygen atoms in total. The number of amides is 2. The van der Waals surface area contributed by atoms with Gasteiger partial charge < -0.3 is 14.5 Å². The maximum atomic E-state index is 13.4. The van der Waals surface area contributed by atoms with E-state index in [1.165, 1.54) is 12.1 Å². The van der Waals surface area contributed by atoms with E-state index < -0.39 is 0 Å². The normalized spacial score (nSPS) is 32.1. The number of nitrogens with zero attached hydrogens (tertiary/aromatic N) is 3. The number of carbonyl (C=O) groups is 2. The lowest BCUT2D eigenvalue weighted by Crippen LogP contribution is -2.68. The minimum Gasteiger partial charge on any atom is -0.378 e. The Hall–Kier alpha value is -2.03. The molecule has 1 aromatic rings. The predicted molar refractivity (Wildman–Crippen MR) is 108 cm³/mol. The molecule has 4 aliphatic rings. The number of benzene rings is 1. The summed E-state index contributed by atoms with van der Waals surface area (Å²) >= 11 is 0. The van der Waals surface area contributed by atoms with Crippen molar-refractivity contribution < 1.29 is 18.7 Å². The van der Waals surface area contributed by atoms with E-state index in [0.717, 1.165) is 31.4 Å². The maximum absolute atomic E-state index is 13.4. The van der Waals surface area contributed by atoms with Crippen LogP contribution in [0.3, 0.4) is 0 Å². The fraction of sp³-hybridized carbons (Fsp3) is 0.636. The topological polar surface area (TPSA) is 65.1 Å². The number of rotatable bonds is 3. The Morgan fingerprint density at radius 3 is 2.63 bits per heavy atom. The number of nitrogens with one attached hydrogen (secondary N) is 1. The van der Waals surface area contributed by atoms with Crippen molar-refractivity contribution in [3.63, 3.8) is 0 Å². The molecule has 4 atom stereocenters. The molecule has 8 heteroatoms. The highest BCUT2D eigenvalue weighted by atomic mass is 19.1. The molecule has 4 fully saturated rings. The van der Waals surface area contributed by atoms with Gasteiger partial charge in [-0.2, -0.15) is 0 Å². The van der Waals surface area contributed by atoms with Crippen LogP contribution >= 0.6 is 0 Å². The highest BCUT2D eigenvalue weighted by Crippen LogP contribution is 2.38. The number of hydrazine groups is 1. The number of morpholine rings is 1. The van der Waals surface area contributed by atoms with Crippen molar-refractivity contribution in [3.8, 4) is 0 Å². The average Bonchev–Trinajstić information content (AvgIpc) is 3.28. The van der Waals surface area contributed by atoms with E-state index in [0.29, 0.717) is 39.3 Å². The fourth-order valence-electron chi connectivity index (χ4n) is 5.56. The first-order valence-electron chi connectivity index (χ1n) is 11.0. The third-order valence-electron chi connectivity index (χ3n) is 7.09. The summed E-state index contributed by atoms with van der Waals surface area (Å²) in [6.45, 7) is 3.76. The van der Waals surface area contributed by atoms with Crippen molar-refractivity contribution >= 4 is 11.8 Å². The molecule has 4 unspecified atom stereocenters. The number of carbonyl (C=O) groups excluding carboxylic acids is 2. The molecule has 162 valence electrons. The molecule has 3 aliphatic heterocycles. The number of ether oxygens (including phenoxy) is 1. The molecule has 2 amide bonds. The predicted octanol–water partition coefficient (Wildman–Crippen LogP) is 1.14. The third kappa shape index (κ3) is 3.61. The number of hydrogen-bond acceptors (Lipinski definition) is 5. The van der Waals surface area contributed by atoms with Crippen molar-refractivity contribution in [2.24, 2.45) is 5.92 Å². The Kier molecular flexibility index (Phi) is 5.47. The summed E-state index contributed by atoms with van der Waals surface area (Å²) in [5, 5.41) is 2.16. The number of halogens is 1. The molecule has 0 radical (unpaired) electrons. The minimum absolute atomic E-state index is 0.0202. The van der Waals surface area contributed by atoms with Crippen LogP contribution in [-0.2, 0) is 20.9 Å². The maximum Gasteiger partial charge on any atom is 0.242 e. The van der Waals surface area contributed by atoms with Crippen molar-refractivity contribution in [2.75, 3.05) is 32.8 Å². The van der Waals surface area contributed by atoms with Gasteiger partial charge in [0.2, 0.25) is 11.8 Å². The third-order valence-corrected chi connectivity index (χ3v) is 7.09. The molecule has 0 spiro atoms. The van der Waals surface area contributed by atoms with Gasteiger partial charge in [-0.3, -0.25) is 15.0 Å². The van der Waals surface area contributed by atoms with Crippen LogP contribution in [0.4, 0.5) is 4.39 Å². The monoisotopic (exact) mass is 416 g/mol. The van der Waals surface area contributed by atoms with Gasteiger partial charge in [-0.1, -0.05) is 12.1 Å². The van der Waals surface area contributed by atoms with Crippen LogP contribution in [0.15, 0.2) is 24.3 Å². The van der Waals surface area contributed by atoms with Crippen LogP contribution in [0.25, 0.3) is 0 Å². The van der Waals surface area contributed by atoms with Crippen molar-refractivity contribution in [1.29, 1.82) is 0 Å². The van der Waals surface area contributed by atoms with Gasteiger partial charge in [-0.05, 0) is 43.4 Å². The van der Waals surface area contributed by atoms with E-state index in [2.05, 4.69) is 10.4 Å². The van der Waals surface area contributed by atoms with Gasteiger partial charge >= 0.3 is 0 Å². The lowest BCUT2D eigenvalue weighted by molar-refractivity contribution is -0.159. The second-order valence-corrected chi connectivity index (χ2v) is 8.79. The fourth-order valence-corrected chi connectivity index (χ4v) is 5.56. The number of fused-ring (bicyclic) bond motifs is 3. The first kappa shape index (κ1) is 19.9. The molecule has 1 saturated carbocycles. The Balaban J connectivity index is 1.38. The molecule has 1 aromatic carbocycles. The van der Waals surface area contributed by atoms with E-state index >= 15 is 0 Å². The molecular formula is C22H29FN4O3. The molecule has 1 aliphatic carbocycles. The molecule has 5 rings (SSSR count). The van der Waals surface area contributed by atoms with Crippen LogP contribution in [0.2, 0.25) is 0 Å². The van der Waals surface area contributed by atoms with Crippen molar-refractivity contribution in [1.82, 2.24) is 20.2 Å². The summed E-state index contributed by atoms with van der Waals surface area (Å²) in [6.07, 6.45) is 3.22. The summed E-state index contributed by atoms with van der Waals surface area (Å²) in [5.74, 6) is -0.0268. The Morgan fingerprint density at radius 1 is 1.10 bits per heavy atom. The highest BCUT2D eigenvalue weighted by Gasteiger charge is 2.51. The van der Waals surface area contributed by atoms with Crippen LogP contribution in [-0.4, -0.2) is 77.6 Å². The van der Waals surface area contributed by atoms with Crippen LogP contribution in [0, 0.1) is 11.7 Å². The molecule has 1 N–H and O–H groups in total. The molecule has 0 aromatic heterocycles. The van der Waals surface area contributed by atoms with Crippen molar-refractivity contribution in [3.05, 3.63) is 35.6 Å². The Labute approximate surface area is 176 Å². The molecule has 3 heterocycles. The van der Waals surface area contributed by atoms with E-state index in [1.54, 1.807) is 12.1 Å². The van der Waals surface area contributed by atoms with Gasteiger partial charge in [-0.15, -0.1) is 0 Å². The molecular weight excluding hydrogens is 387 g/mol. The lowest BCUT2D eigenvalue weighted by atomic mass is 9.78. The van der Waals surface area contributed by atoms with Gasteiger partial charge in [0.25, 0.3) is 0 Å². The molecule has 30 heavy (non-hydrogen) atoms. The molecule has 3 saturated heterocycles. The van der Waals surface area contributed by atoms with Gasteiger partial charge in [0.05, 0.1) is 13.2 Å². The first-order chi connectivity index (χ1) is 14.6.